The van der Waals surface area contributed by atoms with Crippen molar-refractivity contribution in [3.63, 3.8) is 0 Å². The lowest BCUT2D eigenvalue weighted by Gasteiger charge is -2.17. The van der Waals surface area contributed by atoms with Crippen LogP contribution in [-0.4, -0.2) is 31.4 Å². The smallest absolute Gasteiger partial charge is 0.252 e. The third-order valence-electron chi connectivity index (χ3n) is 6.27. The summed E-state index contributed by atoms with van der Waals surface area (Å²) >= 11 is 0. The maximum Gasteiger partial charge on any atom is 0.252 e. The second-order valence-corrected chi connectivity index (χ2v) is 11.0. The molecule has 8 heteroatoms. The number of aryl methyl sites for hydroxylation is 1. The lowest BCUT2D eigenvalue weighted by molar-refractivity contribution is 0.0929. The van der Waals surface area contributed by atoms with E-state index in [0.29, 0.717) is 29.5 Å². The van der Waals surface area contributed by atoms with Crippen molar-refractivity contribution in [1.82, 2.24) is 10.6 Å². The fourth-order valence-corrected chi connectivity index (χ4v) is 5.23. The summed E-state index contributed by atoms with van der Waals surface area (Å²) in [6.45, 7) is 0.0883. The van der Waals surface area contributed by atoms with Gasteiger partial charge in [-0.15, -0.1) is 0 Å². The summed E-state index contributed by atoms with van der Waals surface area (Å²) in [6.07, 6.45) is 2.62. The summed E-state index contributed by atoms with van der Waals surface area (Å²) in [4.78, 5) is 26.1. The summed E-state index contributed by atoms with van der Waals surface area (Å²) in [7, 11) is -3.69. The minimum atomic E-state index is -3.69. The number of rotatable bonds is 11. The molecule has 0 heterocycles. The van der Waals surface area contributed by atoms with Crippen LogP contribution in [0.3, 0.4) is 0 Å². The van der Waals surface area contributed by atoms with Crippen molar-refractivity contribution >= 4 is 21.7 Å². The molecule has 40 heavy (non-hydrogen) atoms. The van der Waals surface area contributed by atoms with Gasteiger partial charge in [0.05, 0.1) is 4.90 Å². The van der Waals surface area contributed by atoms with E-state index in [4.69, 9.17) is 0 Å². The first-order valence-corrected chi connectivity index (χ1v) is 14.3. The van der Waals surface area contributed by atoms with Gasteiger partial charge in [0.1, 0.15) is 5.75 Å². The Morgan fingerprint density at radius 3 is 2.20 bits per heavy atom. The van der Waals surface area contributed by atoms with Crippen LogP contribution in [-0.2, 0) is 22.8 Å². The van der Waals surface area contributed by atoms with E-state index in [1.54, 1.807) is 54.6 Å². The van der Waals surface area contributed by atoms with Crippen molar-refractivity contribution < 1.29 is 23.1 Å². The molecule has 4 aromatic carbocycles. The Labute approximate surface area is 234 Å². The van der Waals surface area contributed by atoms with Crippen LogP contribution in [0.15, 0.2) is 126 Å². The molecule has 0 unspecified atom stereocenters. The molecule has 4 aromatic rings. The molecule has 0 aliphatic carbocycles. The van der Waals surface area contributed by atoms with Gasteiger partial charge in [-0.2, -0.15) is 0 Å². The Balaban J connectivity index is 1.50. The minimum Gasteiger partial charge on any atom is -0.508 e. The number of carbonyl (C=O) groups excluding carboxylic acids is 2. The van der Waals surface area contributed by atoms with Gasteiger partial charge in [0.25, 0.3) is 11.8 Å². The van der Waals surface area contributed by atoms with Crippen LogP contribution in [0.4, 0.5) is 0 Å². The molecule has 0 fully saturated rings. The molecule has 0 radical (unpaired) electrons. The first-order chi connectivity index (χ1) is 19.3. The van der Waals surface area contributed by atoms with Gasteiger partial charge in [0.15, 0.2) is 9.84 Å². The van der Waals surface area contributed by atoms with Crippen molar-refractivity contribution in [3.8, 4) is 5.75 Å². The third kappa shape index (κ3) is 7.91. The summed E-state index contributed by atoms with van der Waals surface area (Å²) in [6, 6.07) is 30.2. The van der Waals surface area contributed by atoms with Gasteiger partial charge >= 0.3 is 0 Å². The minimum absolute atomic E-state index is 0.0173. The Kier molecular flexibility index (Phi) is 9.48. The van der Waals surface area contributed by atoms with E-state index >= 15 is 0 Å². The van der Waals surface area contributed by atoms with Crippen molar-refractivity contribution in [2.75, 3.05) is 0 Å². The van der Waals surface area contributed by atoms with Gasteiger partial charge in [-0.05, 0) is 60.4 Å². The molecule has 0 saturated carbocycles. The Morgan fingerprint density at radius 1 is 0.800 bits per heavy atom. The summed E-state index contributed by atoms with van der Waals surface area (Å²) < 4.78 is 25.7. The van der Waals surface area contributed by atoms with Gasteiger partial charge in [-0.3, -0.25) is 9.59 Å². The molecule has 0 bridgehead atoms. The Morgan fingerprint density at radius 2 is 1.48 bits per heavy atom. The lowest BCUT2D eigenvalue weighted by Crippen LogP contribution is -2.35. The summed E-state index contributed by atoms with van der Waals surface area (Å²) in [5.74, 6) is -0.792. The van der Waals surface area contributed by atoms with Crippen LogP contribution >= 0.6 is 0 Å². The van der Waals surface area contributed by atoms with E-state index in [-0.39, 0.29) is 29.0 Å². The highest BCUT2D eigenvalue weighted by molar-refractivity contribution is 7.94. The maximum atomic E-state index is 13.4. The highest BCUT2D eigenvalue weighted by Crippen LogP contribution is 2.16. The fraction of sp³-hybridized carbons (Fsp3) is 0.125. The topological polar surface area (TPSA) is 113 Å². The molecule has 1 atom stereocenters. The summed E-state index contributed by atoms with van der Waals surface area (Å²) in [5, 5.41) is 16.5. The monoisotopic (exact) mass is 554 g/mol. The number of aromatic hydroxyl groups is 1. The van der Waals surface area contributed by atoms with E-state index in [2.05, 4.69) is 10.6 Å². The molecule has 0 aromatic heterocycles. The summed E-state index contributed by atoms with van der Waals surface area (Å²) in [5.41, 5.74) is 2.32. The zero-order chi connectivity index (χ0) is 28.4. The van der Waals surface area contributed by atoms with E-state index in [0.717, 1.165) is 11.0 Å². The molecule has 0 aliphatic heterocycles. The number of carbonyl (C=O) groups is 2. The Bertz CT molecular complexity index is 1590. The highest BCUT2D eigenvalue weighted by atomic mass is 32.2. The maximum absolute atomic E-state index is 13.4. The van der Waals surface area contributed by atoms with Crippen molar-refractivity contribution in [2.24, 2.45) is 0 Å². The number of amides is 2. The van der Waals surface area contributed by atoms with Crippen LogP contribution in [0.5, 0.6) is 5.75 Å². The zero-order valence-electron chi connectivity index (χ0n) is 21.7. The van der Waals surface area contributed by atoms with Crippen molar-refractivity contribution in [1.29, 1.82) is 0 Å². The predicted molar refractivity (Wildman–Crippen MR) is 155 cm³/mol. The van der Waals surface area contributed by atoms with Gasteiger partial charge < -0.3 is 15.7 Å². The first-order valence-electron chi connectivity index (χ1n) is 12.8. The van der Waals surface area contributed by atoms with E-state index in [1.165, 1.54) is 30.3 Å². The molecule has 7 nitrogen and oxygen atoms in total. The number of phenolic OH excluding ortho intramolecular Hbond substituents is 1. The number of sulfone groups is 1. The molecular formula is C32H30N2O5S. The average molecular weight is 555 g/mol. The standard InChI is InChI=1S/C32H30N2O5S/c35-28-14-9-13-25(22-28)31(36)33-23-26-12-7-8-17-30(26)32(37)34-27(19-18-24-10-3-1-4-11-24)20-21-40(38,39)29-15-5-2-6-16-29/h1-17,20-22,27,35H,18-19,23H2,(H,33,36)(H,34,37)/b21-20+/t27-/m0/s1. The Hall–Kier alpha value is -4.69. The highest BCUT2D eigenvalue weighted by Gasteiger charge is 2.17. The fourth-order valence-electron chi connectivity index (χ4n) is 4.14. The molecule has 204 valence electrons. The normalized spacial score (nSPS) is 12.1. The second-order valence-electron chi connectivity index (χ2n) is 9.18. The third-order valence-corrected chi connectivity index (χ3v) is 7.72. The lowest BCUT2D eigenvalue weighted by atomic mass is 10.0. The molecule has 3 N–H and O–H groups in total. The van der Waals surface area contributed by atoms with Gasteiger partial charge in [0.2, 0.25) is 0 Å². The largest absolute Gasteiger partial charge is 0.508 e. The predicted octanol–water partition coefficient (Wildman–Crippen LogP) is 5.04. The van der Waals surface area contributed by atoms with Crippen LogP contribution in [0.1, 0.15) is 38.3 Å². The van der Waals surface area contributed by atoms with Crippen LogP contribution < -0.4 is 10.6 Å². The number of hydrogen-bond donors (Lipinski definition) is 3. The quantitative estimate of drug-likeness (QED) is 0.240. The molecule has 0 spiro atoms. The van der Waals surface area contributed by atoms with Crippen LogP contribution in [0.25, 0.3) is 0 Å². The van der Waals surface area contributed by atoms with Crippen LogP contribution in [0, 0.1) is 0 Å². The van der Waals surface area contributed by atoms with E-state index in [1.807, 2.05) is 30.3 Å². The van der Waals surface area contributed by atoms with Crippen molar-refractivity contribution in [2.45, 2.75) is 30.3 Å². The van der Waals surface area contributed by atoms with Crippen LogP contribution in [0.2, 0.25) is 0 Å². The SMILES string of the molecule is O=C(NCc1ccccc1C(=O)N[C@H](/C=C/S(=O)(=O)c1ccccc1)CCc1ccccc1)c1cccc(O)c1. The molecule has 4 rings (SSSR count). The molecule has 0 saturated heterocycles. The molecule has 2 amide bonds. The number of phenols is 1. The van der Waals surface area contributed by atoms with Gasteiger partial charge in [0, 0.05) is 29.1 Å². The first kappa shape index (κ1) is 28.3. The van der Waals surface area contributed by atoms with E-state index in [9.17, 15) is 23.1 Å². The number of nitrogens with one attached hydrogen (secondary N) is 2. The molecular weight excluding hydrogens is 524 g/mol. The van der Waals surface area contributed by atoms with E-state index < -0.39 is 15.9 Å². The average Bonchev–Trinajstić information content (AvgIpc) is 2.98. The van der Waals surface area contributed by atoms with Gasteiger partial charge in [-0.1, -0.05) is 78.9 Å². The van der Waals surface area contributed by atoms with Gasteiger partial charge in [-0.25, -0.2) is 8.42 Å². The van der Waals surface area contributed by atoms with Crippen molar-refractivity contribution in [3.05, 3.63) is 143 Å². The number of hydrogen-bond acceptors (Lipinski definition) is 5. The number of benzene rings is 4. The second kappa shape index (κ2) is 13.4. The molecule has 0 aliphatic rings. The zero-order valence-corrected chi connectivity index (χ0v) is 22.6.